The number of hydrogen-bond donors (Lipinski definition) is 2. The summed E-state index contributed by atoms with van der Waals surface area (Å²) in [5.74, 6) is -2.95. The van der Waals surface area contributed by atoms with Crippen molar-refractivity contribution < 1.29 is 13.9 Å². The zero-order chi connectivity index (χ0) is 9.19. The van der Waals surface area contributed by atoms with Crippen molar-refractivity contribution >= 4 is 0 Å². The number of hydrogen-bond acceptors (Lipinski definition) is 2. The first-order chi connectivity index (χ1) is 5.49. The summed E-state index contributed by atoms with van der Waals surface area (Å²) in [4.78, 5) is 0. The SMILES string of the molecule is CC(F)(F)CC1CNCCC1O. The normalized spacial score (nSPS) is 32.0. The number of rotatable bonds is 2. The van der Waals surface area contributed by atoms with E-state index in [4.69, 9.17) is 0 Å². The van der Waals surface area contributed by atoms with Gasteiger partial charge in [-0.3, -0.25) is 0 Å². The molecule has 1 fully saturated rings. The largest absolute Gasteiger partial charge is 0.393 e. The summed E-state index contributed by atoms with van der Waals surface area (Å²) in [6.07, 6.45) is -0.195. The summed E-state index contributed by atoms with van der Waals surface area (Å²) >= 11 is 0. The molecule has 0 amide bonds. The topological polar surface area (TPSA) is 32.3 Å². The van der Waals surface area contributed by atoms with Crippen molar-refractivity contribution in [3.8, 4) is 0 Å². The van der Waals surface area contributed by atoms with Gasteiger partial charge in [0.15, 0.2) is 0 Å². The van der Waals surface area contributed by atoms with Crippen molar-refractivity contribution in [2.75, 3.05) is 13.1 Å². The Morgan fingerprint density at radius 3 is 2.75 bits per heavy atom. The first kappa shape index (κ1) is 9.86. The van der Waals surface area contributed by atoms with E-state index in [2.05, 4.69) is 5.32 Å². The van der Waals surface area contributed by atoms with Crippen LogP contribution < -0.4 is 5.32 Å². The maximum atomic E-state index is 12.5. The Morgan fingerprint density at radius 2 is 2.25 bits per heavy atom. The second-order valence-electron chi connectivity index (χ2n) is 3.59. The van der Waals surface area contributed by atoms with E-state index in [1.807, 2.05) is 0 Å². The Balaban J connectivity index is 2.39. The predicted octanol–water partition coefficient (Wildman–Crippen LogP) is 1.00. The van der Waals surface area contributed by atoms with Crippen molar-refractivity contribution in [3.05, 3.63) is 0 Å². The van der Waals surface area contributed by atoms with Crippen molar-refractivity contribution in [2.24, 2.45) is 5.92 Å². The number of piperidine rings is 1. The monoisotopic (exact) mass is 179 g/mol. The third kappa shape index (κ3) is 3.03. The molecule has 0 aromatic rings. The molecule has 0 spiro atoms. The van der Waals surface area contributed by atoms with E-state index in [9.17, 15) is 13.9 Å². The van der Waals surface area contributed by atoms with Crippen LogP contribution in [0.4, 0.5) is 8.78 Å². The van der Waals surface area contributed by atoms with Crippen LogP contribution in [0.15, 0.2) is 0 Å². The molecule has 2 unspecified atom stereocenters. The Labute approximate surface area is 71.0 Å². The van der Waals surface area contributed by atoms with E-state index in [0.717, 1.165) is 13.5 Å². The van der Waals surface area contributed by atoms with Gasteiger partial charge in [-0.1, -0.05) is 0 Å². The Bertz CT molecular complexity index is 146. The standard InChI is InChI=1S/C8H15F2NO/c1-8(9,10)4-6-5-11-3-2-7(6)12/h6-7,11-12H,2-5H2,1H3. The Morgan fingerprint density at radius 1 is 1.58 bits per heavy atom. The lowest BCUT2D eigenvalue weighted by Gasteiger charge is -2.30. The minimum Gasteiger partial charge on any atom is -0.393 e. The molecule has 1 aliphatic heterocycles. The van der Waals surface area contributed by atoms with Crippen LogP contribution in [0, 0.1) is 5.92 Å². The molecule has 1 aliphatic rings. The van der Waals surface area contributed by atoms with Crippen molar-refractivity contribution in [3.63, 3.8) is 0 Å². The molecule has 72 valence electrons. The summed E-state index contributed by atoms with van der Waals surface area (Å²) < 4.78 is 25.1. The molecule has 0 bridgehead atoms. The van der Waals surface area contributed by atoms with Crippen LogP contribution in [0.3, 0.4) is 0 Å². The zero-order valence-electron chi connectivity index (χ0n) is 7.19. The van der Waals surface area contributed by atoms with Gasteiger partial charge in [-0.25, -0.2) is 8.78 Å². The first-order valence-corrected chi connectivity index (χ1v) is 4.25. The minimum absolute atomic E-state index is 0.221. The molecule has 0 aromatic carbocycles. The van der Waals surface area contributed by atoms with E-state index in [-0.39, 0.29) is 12.3 Å². The molecule has 1 saturated heterocycles. The van der Waals surface area contributed by atoms with E-state index >= 15 is 0 Å². The predicted molar refractivity (Wildman–Crippen MR) is 42.2 cm³/mol. The van der Waals surface area contributed by atoms with Gasteiger partial charge in [-0.2, -0.15) is 0 Å². The summed E-state index contributed by atoms with van der Waals surface area (Å²) in [7, 11) is 0. The van der Waals surface area contributed by atoms with Crippen molar-refractivity contribution in [1.82, 2.24) is 5.32 Å². The Kier molecular flexibility index (Phi) is 3.01. The molecule has 0 radical (unpaired) electrons. The van der Waals surface area contributed by atoms with Gasteiger partial charge >= 0.3 is 0 Å². The van der Waals surface area contributed by atoms with E-state index in [0.29, 0.717) is 13.0 Å². The smallest absolute Gasteiger partial charge is 0.245 e. The number of aliphatic hydroxyl groups excluding tert-OH is 1. The lowest BCUT2D eigenvalue weighted by Crippen LogP contribution is -2.42. The van der Waals surface area contributed by atoms with Gasteiger partial charge < -0.3 is 10.4 Å². The average molecular weight is 179 g/mol. The van der Waals surface area contributed by atoms with Crippen LogP contribution >= 0.6 is 0 Å². The number of halogens is 2. The molecule has 0 saturated carbocycles. The quantitative estimate of drug-likeness (QED) is 0.663. The highest BCUT2D eigenvalue weighted by molar-refractivity contribution is 4.80. The Hall–Kier alpha value is -0.220. The van der Waals surface area contributed by atoms with Gasteiger partial charge in [0, 0.05) is 18.9 Å². The third-order valence-corrected chi connectivity index (χ3v) is 2.19. The second-order valence-corrected chi connectivity index (χ2v) is 3.59. The number of nitrogens with one attached hydrogen (secondary N) is 1. The van der Waals surface area contributed by atoms with Crippen LogP contribution in [0.5, 0.6) is 0 Å². The van der Waals surface area contributed by atoms with Crippen molar-refractivity contribution in [2.45, 2.75) is 31.8 Å². The summed E-state index contributed by atoms with van der Waals surface area (Å²) in [5.41, 5.74) is 0. The van der Waals surface area contributed by atoms with Gasteiger partial charge in [0.05, 0.1) is 6.10 Å². The molecule has 0 aromatic heterocycles. The number of aliphatic hydroxyl groups is 1. The highest BCUT2D eigenvalue weighted by atomic mass is 19.3. The van der Waals surface area contributed by atoms with Gasteiger partial charge in [0.1, 0.15) is 0 Å². The maximum Gasteiger partial charge on any atom is 0.245 e. The minimum atomic E-state index is -2.66. The molecule has 1 rings (SSSR count). The van der Waals surface area contributed by atoms with Crippen LogP contribution in [-0.2, 0) is 0 Å². The van der Waals surface area contributed by atoms with Crippen molar-refractivity contribution in [1.29, 1.82) is 0 Å². The molecule has 2 atom stereocenters. The average Bonchev–Trinajstić information content (AvgIpc) is 1.91. The fraction of sp³-hybridized carbons (Fsp3) is 1.00. The van der Waals surface area contributed by atoms with Crippen LogP contribution in [0.1, 0.15) is 19.8 Å². The van der Waals surface area contributed by atoms with Crippen LogP contribution in [-0.4, -0.2) is 30.2 Å². The number of alkyl halides is 2. The van der Waals surface area contributed by atoms with Gasteiger partial charge in [-0.05, 0) is 19.9 Å². The zero-order valence-corrected chi connectivity index (χ0v) is 7.19. The third-order valence-electron chi connectivity index (χ3n) is 2.19. The van der Waals surface area contributed by atoms with Crippen LogP contribution in [0.2, 0.25) is 0 Å². The molecule has 2 nitrogen and oxygen atoms in total. The molecular formula is C8H15F2NO. The van der Waals surface area contributed by atoms with Gasteiger partial charge in [0.25, 0.3) is 0 Å². The lowest BCUT2D eigenvalue weighted by molar-refractivity contribution is -0.0353. The fourth-order valence-corrected chi connectivity index (χ4v) is 1.58. The van der Waals surface area contributed by atoms with E-state index in [1.165, 1.54) is 0 Å². The van der Waals surface area contributed by atoms with E-state index in [1.54, 1.807) is 0 Å². The maximum absolute atomic E-state index is 12.5. The molecular weight excluding hydrogens is 164 g/mol. The van der Waals surface area contributed by atoms with Gasteiger partial charge in [-0.15, -0.1) is 0 Å². The van der Waals surface area contributed by atoms with Crippen LogP contribution in [0.25, 0.3) is 0 Å². The molecule has 0 aliphatic carbocycles. The molecule has 4 heteroatoms. The molecule has 2 N–H and O–H groups in total. The summed E-state index contributed by atoms with van der Waals surface area (Å²) in [6.45, 7) is 2.13. The van der Waals surface area contributed by atoms with E-state index < -0.39 is 12.0 Å². The highest BCUT2D eigenvalue weighted by Gasteiger charge is 2.32. The fourth-order valence-electron chi connectivity index (χ4n) is 1.58. The second kappa shape index (κ2) is 3.66. The highest BCUT2D eigenvalue weighted by Crippen LogP contribution is 2.26. The first-order valence-electron chi connectivity index (χ1n) is 4.25. The summed E-state index contributed by atoms with van der Waals surface area (Å²) in [6, 6.07) is 0. The molecule has 12 heavy (non-hydrogen) atoms. The van der Waals surface area contributed by atoms with Gasteiger partial charge in [0.2, 0.25) is 5.92 Å². The lowest BCUT2D eigenvalue weighted by atomic mass is 9.91. The summed E-state index contributed by atoms with van der Waals surface area (Å²) in [5, 5.41) is 12.4. The molecule has 1 heterocycles.